The zero-order chi connectivity index (χ0) is 12.7. The van der Waals surface area contributed by atoms with E-state index in [9.17, 15) is 9.90 Å². The third-order valence-electron chi connectivity index (χ3n) is 3.36. The van der Waals surface area contributed by atoms with Crippen LogP contribution in [0.5, 0.6) is 0 Å². The van der Waals surface area contributed by atoms with Gasteiger partial charge in [0.2, 0.25) is 0 Å². The van der Waals surface area contributed by atoms with Gasteiger partial charge in [-0.15, -0.1) is 0 Å². The summed E-state index contributed by atoms with van der Waals surface area (Å²) in [5.41, 5.74) is 0.191. The van der Waals surface area contributed by atoms with Crippen LogP contribution >= 0.6 is 0 Å². The fourth-order valence-electron chi connectivity index (χ4n) is 1.63. The third-order valence-corrected chi connectivity index (χ3v) is 3.36. The molecule has 0 aromatic carbocycles. The molecule has 1 aromatic heterocycles. The van der Waals surface area contributed by atoms with E-state index in [1.54, 1.807) is 24.4 Å². The molecule has 17 heavy (non-hydrogen) atoms. The molecule has 0 aliphatic heterocycles. The van der Waals surface area contributed by atoms with E-state index in [0.29, 0.717) is 12.2 Å². The van der Waals surface area contributed by atoms with Gasteiger partial charge in [-0.3, -0.25) is 9.78 Å². The van der Waals surface area contributed by atoms with Crippen molar-refractivity contribution in [1.82, 2.24) is 10.3 Å². The maximum atomic E-state index is 11.8. The number of aromatic nitrogens is 1. The largest absolute Gasteiger partial charge is 0.396 e. The Hall–Kier alpha value is -1.42. The summed E-state index contributed by atoms with van der Waals surface area (Å²) in [6.45, 7) is 4.60. The van der Waals surface area contributed by atoms with E-state index in [2.05, 4.69) is 10.3 Å². The molecule has 0 spiro atoms. The molecular formula is C13H20N2O2. The highest BCUT2D eigenvalue weighted by Crippen LogP contribution is 2.24. The lowest BCUT2D eigenvalue weighted by atomic mass is 9.83. The zero-order valence-corrected chi connectivity index (χ0v) is 10.4. The second kappa shape index (κ2) is 6.35. The van der Waals surface area contributed by atoms with Gasteiger partial charge in [0.25, 0.3) is 5.91 Å². The van der Waals surface area contributed by atoms with Gasteiger partial charge in [-0.25, -0.2) is 0 Å². The Bertz CT molecular complexity index is 339. The first-order valence-electron chi connectivity index (χ1n) is 5.97. The van der Waals surface area contributed by atoms with Crippen molar-refractivity contribution in [1.29, 1.82) is 0 Å². The molecule has 0 radical (unpaired) electrons. The summed E-state index contributed by atoms with van der Waals surface area (Å²) in [5.74, 6) is -0.190. The van der Waals surface area contributed by atoms with Gasteiger partial charge in [-0.1, -0.05) is 19.9 Å². The molecule has 0 aliphatic rings. The van der Waals surface area contributed by atoms with Crippen LogP contribution < -0.4 is 5.32 Å². The highest BCUT2D eigenvalue weighted by atomic mass is 16.3. The summed E-state index contributed by atoms with van der Waals surface area (Å²) in [5, 5.41) is 12.2. The second-order valence-electron chi connectivity index (χ2n) is 4.26. The predicted molar refractivity (Wildman–Crippen MR) is 66.7 cm³/mol. The number of nitrogens with zero attached hydrogens (tertiary/aromatic N) is 1. The number of rotatable bonds is 6. The van der Waals surface area contributed by atoms with E-state index >= 15 is 0 Å². The molecule has 0 saturated heterocycles. The molecule has 4 heteroatoms. The van der Waals surface area contributed by atoms with Crippen molar-refractivity contribution in [2.24, 2.45) is 5.41 Å². The number of aliphatic hydroxyl groups is 1. The van der Waals surface area contributed by atoms with E-state index in [-0.39, 0.29) is 17.9 Å². The van der Waals surface area contributed by atoms with Crippen LogP contribution in [-0.4, -0.2) is 29.1 Å². The molecule has 4 nitrogen and oxygen atoms in total. The van der Waals surface area contributed by atoms with Gasteiger partial charge in [-0.2, -0.15) is 0 Å². The molecule has 0 fully saturated rings. The van der Waals surface area contributed by atoms with Gasteiger partial charge >= 0.3 is 0 Å². The van der Waals surface area contributed by atoms with Crippen molar-refractivity contribution in [2.45, 2.75) is 26.7 Å². The van der Waals surface area contributed by atoms with Crippen LogP contribution in [-0.2, 0) is 0 Å². The number of carbonyl (C=O) groups is 1. The first-order chi connectivity index (χ1) is 8.17. The number of nitrogens with one attached hydrogen (secondary N) is 1. The van der Waals surface area contributed by atoms with E-state index < -0.39 is 0 Å². The van der Waals surface area contributed by atoms with Crippen molar-refractivity contribution in [3.63, 3.8) is 0 Å². The summed E-state index contributed by atoms with van der Waals surface area (Å²) in [6.07, 6.45) is 3.26. The monoisotopic (exact) mass is 236 g/mol. The molecule has 0 unspecified atom stereocenters. The zero-order valence-electron chi connectivity index (χ0n) is 10.4. The summed E-state index contributed by atoms with van der Waals surface area (Å²) in [7, 11) is 0. The molecule has 0 aliphatic carbocycles. The fourth-order valence-corrected chi connectivity index (χ4v) is 1.63. The minimum atomic E-state index is -0.218. The van der Waals surface area contributed by atoms with Crippen molar-refractivity contribution < 1.29 is 9.90 Å². The van der Waals surface area contributed by atoms with Crippen LogP contribution in [0.4, 0.5) is 0 Å². The summed E-state index contributed by atoms with van der Waals surface area (Å²) in [4.78, 5) is 15.8. The fraction of sp³-hybridized carbons (Fsp3) is 0.538. The maximum absolute atomic E-state index is 11.8. The van der Waals surface area contributed by atoms with Crippen LogP contribution in [0.2, 0.25) is 0 Å². The number of carbonyl (C=O) groups excluding carboxylic acids is 1. The molecule has 1 aromatic rings. The Balaban J connectivity index is 2.59. The predicted octanol–water partition coefficient (Wildman–Crippen LogP) is 1.61. The Kier molecular flexibility index (Phi) is 5.10. The first-order valence-corrected chi connectivity index (χ1v) is 5.97. The van der Waals surface area contributed by atoms with Gasteiger partial charge in [0.1, 0.15) is 5.69 Å². The Morgan fingerprint density at radius 1 is 1.41 bits per heavy atom. The molecule has 2 N–H and O–H groups in total. The van der Waals surface area contributed by atoms with Crippen molar-refractivity contribution >= 4 is 5.91 Å². The molecular weight excluding hydrogens is 216 g/mol. The quantitative estimate of drug-likeness (QED) is 0.788. The van der Waals surface area contributed by atoms with E-state index in [4.69, 9.17) is 0 Å². The van der Waals surface area contributed by atoms with Gasteiger partial charge in [0, 0.05) is 18.2 Å². The van der Waals surface area contributed by atoms with Crippen LogP contribution in [0.3, 0.4) is 0 Å². The summed E-state index contributed by atoms with van der Waals surface area (Å²) < 4.78 is 0. The first kappa shape index (κ1) is 13.6. The van der Waals surface area contributed by atoms with Crippen LogP contribution in [0.25, 0.3) is 0 Å². The molecule has 0 atom stereocenters. The van der Waals surface area contributed by atoms with E-state index in [1.807, 2.05) is 13.8 Å². The molecule has 1 rings (SSSR count). The van der Waals surface area contributed by atoms with Crippen molar-refractivity contribution in [2.75, 3.05) is 13.2 Å². The van der Waals surface area contributed by atoms with Crippen molar-refractivity contribution in [3.8, 4) is 0 Å². The van der Waals surface area contributed by atoms with E-state index in [0.717, 1.165) is 12.8 Å². The molecule has 1 heterocycles. The number of hydrogen-bond donors (Lipinski definition) is 2. The summed E-state index contributed by atoms with van der Waals surface area (Å²) >= 11 is 0. The lowest BCUT2D eigenvalue weighted by molar-refractivity contribution is 0.0847. The Morgan fingerprint density at radius 3 is 2.59 bits per heavy atom. The van der Waals surface area contributed by atoms with Gasteiger partial charge < -0.3 is 10.4 Å². The number of aliphatic hydroxyl groups excluding tert-OH is 1. The standard InChI is InChI=1S/C13H20N2O2/c1-3-13(4-2,10-16)9-15-12(17)11-7-5-6-8-14-11/h5-8,16H,3-4,9-10H2,1-2H3,(H,15,17). The van der Waals surface area contributed by atoms with Crippen LogP contribution in [0, 0.1) is 5.41 Å². The average Bonchev–Trinajstić information content (AvgIpc) is 2.41. The average molecular weight is 236 g/mol. The number of hydrogen-bond acceptors (Lipinski definition) is 3. The molecule has 0 saturated carbocycles. The summed E-state index contributed by atoms with van der Waals surface area (Å²) in [6, 6.07) is 5.22. The Morgan fingerprint density at radius 2 is 2.12 bits per heavy atom. The SMILES string of the molecule is CCC(CC)(CO)CNC(=O)c1ccccn1. The minimum Gasteiger partial charge on any atom is -0.396 e. The van der Waals surface area contributed by atoms with Crippen LogP contribution in [0.1, 0.15) is 37.2 Å². The molecule has 0 bridgehead atoms. The molecule has 94 valence electrons. The lowest BCUT2D eigenvalue weighted by Crippen LogP contribution is -2.39. The third kappa shape index (κ3) is 3.53. The van der Waals surface area contributed by atoms with Crippen molar-refractivity contribution in [3.05, 3.63) is 30.1 Å². The lowest BCUT2D eigenvalue weighted by Gasteiger charge is -2.29. The smallest absolute Gasteiger partial charge is 0.269 e. The Labute approximate surface area is 102 Å². The van der Waals surface area contributed by atoms with E-state index in [1.165, 1.54) is 0 Å². The minimum absolute atomic E-state index is 0.0858. The van der Waals surface area contributed by atoms with Gasteiger partial charge in [0.15, 0.2) is 0 Å². The number of amides is 1. The molecule has 1 amide bonds. The highest BCUT2D eigenvalue weighted by Gasteiger charge is 2.26. The van der Waals surface area contributed by atoms with Crippen LogP contribution in [0.15, 0.2) is 24.4 Å². The highest BCUT2D eigenvalue weighted by molar-refractivity contribution is 5.92. The second-order valence-corrected chi connectivity index (χ2v) is 4.26. The van der Waals surface area contributed by atoms with Gasteiger partial charge in [-0.05, 0) is 25.0 Å². The number of pyridine rings is 1. The normalized spacial score (nSPS) is 11.2. The van der Waals surface area contributed by atoms with Gasteiger partial charge in [0.05, 0.1) is 6.61 Å². The topological polar surface area (TPSA) is 62.2 Å². The maximum Gasteiger partial charge on any atom is 0.269 e.